The van der Waals surface area contributed by atoms with Crippen molar-refractivity contribution >= 4 is 28.4 Å². The Kier molecular flexibility index (Phi) is 5.68. The van der Waals surface area contributed by atoms with Gasteiger partial charge in [0.25, 0.3) is 0 Å². The summed E-state index contributed by atoms with van der Waals surface area (Å²) in [6.07, 6.45) is 6.38. The molecule has 1 amide bonds. The van der Waals surface area contributed by atoms with Crippen molar-refractivity contribution in [3.05, 3.63) is 42.5 Å². The van der Waals surface area contributed by atoms with E-state index in [1.807, 2.05) is 37.3 Å². The molecule has 6 nitrogen and oxygen atoms in total. The fraction of sp³-hybridized carbons (Fsp3) is 0.423. The van der Waals surface area contributed by atoms with E-state index >= 15 is 0 Å². The molecule has 0 atom stereocenters. The van der Waals surface area contributed by atoms with Crippen molar-refractivity contribution in [2.45, 2.75) is 58.1 Å². The number of ether oxygens (including phenoxy) is 2. The normalized spacial score (nSPS) is 16.4. The van der Waals surface area contributed by atoms with Crippen LogP contribution in [0.2, 0.25) is 0 Å². The number of hydrogen-bond acceptors (Lipinski definition) is 4. The van der Waals surface area contributed by atoms with E-state index in [-0.39, 0.29) is 12.2 Å². The van der Waals surface area contributed by atoms with Crippen LogP contribution in [0.4, 0.5) is 16.2 Å². The number of amides is 1. The summed E-state index contributed by atoms with van der Waals surface area (Å²) in [5.41, 5.74) is 11.3. The third-order valence-electron chi connectivity index (χ3n) is 6.50. The lowest BCUT2D eigenvalue weighted by Crippen LogP contribution is -2.20. The number of benzene rings is 2. The summed E-state index contributed by atoms with van der Waals surface area (Å²) in [5, 5.41) is 3.90. The number of aromatic nitrogens is 1. The zero-order valence-electron chi connectivity index (χ0n) is 18.6. The molecule has 3 aromatic rings. The SMILES string of the molecule is CCOc1ccc2c(N)c(-c3ccc(NC(=O)OC4CCCC4)cc3)n(CC3CC3)c2c1. The Morgan fingerprint density at radius 3 is 2.53 bits per heavy atom. The number of carbonyl (C=O) groups excluding carboxylic acids is 1. The van der Waals surface area contributed by atoms with Crippen LogP contribution in [0.5, 0.6) is 5.75 Å². The number of rotatable bonds is 7. The van der Waals surface area contributed by atoms with E-state index in [0.717, 1.165) is 71.5 Å². The van der Waals surface area contributed by atoms with Gasteiger partial charge in [0.15, 0.2) is 0 Å². The highest BCUT2D eigenvalue weighted by molar-refractivity contribution is 6.01. The lowest BCUT2D eigenvalue weighted by molar-refractivity contribution is 0.114. The van der Waals surface area contributed by atoms with E-state index in [4.69, 9.17) is 15.2 Å². The highest BCUT2D eigenvalue weighted by Gasteiger charge is 2.26. The van der Waals surface area contributed by atoms with Crippen LogP contribution in [0.1, 0.15) is 45.4 Å². The third-order valence-corrected chi connectivity index (χ3v) is 6.50. The van der Waals surface area contributed by atoms with Gasteiger partial charge in [-0.25, -0.2) is 4.79 Å². The fourth-order valence-corrected chi connectivity index (χ4v) is 4.69. The van der Waals surface area contributed by atoms with Crippen LogP contribution in [0, 0.1) is 5.92 Å². The van der Waals surface area contributed by atoms with Crippen molar-refractivity contribution in [3.63, 3.8) is 0 Å². The van der Waals surface area contributed by atoms with Crippen LogP contribution in [0.15, 0.2) is 42.5 Å². The maximum Gasteiger partial charge on any atom is 0.411 e. The van der Waals surface area contributed by atoms with E-state index < -0.39 is 0 Å². The average Bonchev–Trinajstić information content (AvgIpc) is 3.39. The summed E-state index contributed by atoms with van der Waals surface area (Å²) in [4.78, 5) is 12.2. The first kappa shape index (κ1) is 20.7. The molecule has 168 valence electrons. The predicted molar refractivity (Wildman–Crippen MR) is 128 cm³/mol. The second-order valence-corrected chi connectivity index (χ2v) is 8.94. The second kappa shape index (κ2) is 8.77. The molecule has 0 radical (unpaired) electrons. The van der Waals surface area contributed by atoms with Crippen LogP contribution in [-0.4, -0.2) is 23.4 Å². The van der Waals surface area contributed by atoms with Gasteiger partial charge in [-0.2, -0.15) is 0 Å². The minimum absolute atomic E-state index is 0.0498. The molecule has 3 N–H and O–H groups in total. The summed E-state index contributed by atoms with van der Waals surface area (Å²) in [6, 6.07) is 14.0. The Morgan fingerprint density at radius 2 is 1.84 bits per heavy atom. The maximum atomic E-state index is 12.2. The van der Waals surface area contributed by atoms with Gasteiger partial charge in [0.1, 0.15) is 11.9 Å². The fourth-order valence-electron chi connectivity index (χ4n) is 4.69. The van der Waals surface area contributed by atoms with E-state index in [2.05, 4.69) is 22.0 Å². The van der Waals surface area contributed by atoms with Crippen molar-refractivity contribution in [1.82, 2.24) is 4.57 Å². The Morgan fingerprint density at radius 1 is 1.09 bits per heavy atom. The topological polar surface area (TPSA) is 78.5 Å². The molecule has 1 aromatic heterocycles. The van der Waals surface area contributed by atoms with E-state index in [1.54, 1.807) is 0 Å². The molecule has 2 aliphatic rings. The maximum absolute atomic E-state index is 12.2. The molecule has 0 aliphatic heterocycles. The highest BCUT2D eigenvalue weighted by atomic mass is 16.6. The molecule has 2 saturated carbocycles. The first-order valence-electron chi connectivity index (χ1n) is 11.7. The molecule has 2 aliphatic carbocycles. The Balaban J connectivity index is 1.42. The molecule has 0 unspecified atom stereocenters. The van der Waals surface area contributed by atoms with Gasteiger partial charge < -0.3 is 19.8 Å². The van der Waals surface area contributed by atoms with E-state index in [1.165, 1.54) is 12.8 Å². The molecular formula is C26H31N3O3. The number of carbonyl (C=O) groups is 1. The van der Waals surface area contributed by atoms with Gasteiger partial charge in [-0.1, -0.05) is 12.1 Å². The largest absolute Gasteiger partial charge is 0.494 e. The van der Waals surface area contributed by atoms with Gasteiger partial charge in [0, 0.05) is 29.2 Å². The van der Waals surface area contributed by atoms with Gasteiger partial charge in [-0.3, -0.25) is 5.32 Å². The molecule has 6 heteroatoms. The molecular weight excluding hydrogens is 402 g/mol. The van der Waals surface area contributed by atoms with Crippen molar-refractivity contribution in [2.24, 2.45) is 5.92 Å². The number of nitrogen functional groups attached to an aromatic ring is 1. The lowest BCUT2D eigenvalue weighted by Gasteiger charge is -2.14. The molecule has 32 heavy (non-hydrogen) atoms. The first-order valence-corrected chi connectivity index (χ1v) is 11.7. The van der Waals surface area contributed by atoms with E-state index in [9.17, 15) is 4.79 Å². The molecule has 2 aromatic carbocycles. The Bertz CT molecular complexity index is 1110. The highest BCUT2D eigenvalue weighted by Crippen LogP contribution is 2.41. The summed E-state index contributed by atoms with van der Waals surface area (Å²) in [7, 11) is 0. The molecule has 0 saturated heterocycles. The smallest absolute Gasteiger partial charge is 0.411 e. The van der Waals surface area contributed by atoms with Gasteiger partial charge in [-0.05, 0) is 75.6 Å². The van der Waals surface area contributed by atoms with Crippen LogP contribution in [0.25, 0.3) is 22.2 Å². The van der Waals surface area contributed by atoms with Crippen LogP contribution >= 0.6 is 0 Å². The molecule has 2 fully saturated rings. The average molecular weight is 434 g/mol. The zero-order valence-corrected chi connectivity index (χ0v) is 18.6. The Hall–Kier alpha value is -3.15. The molecule has 1 heterocycles. The molecule has 5 rings (SSSR count). The number of nitrogens with two attached hydrogens (primary N) is 1. The van der Waals surface area contributed by atoms with Gasteiger partial charge in [0.05, 0.1) is 23.5 Å². The summed E-state index contributed by atoms with van der Waals surface area (Å²) in [6.45, 7) is 3.58. The summed E-state index contributed by atoms with van der Waals surface area (Å²) >= 11 is 0. The molecule has 0 spiro atoms. The minimum atomic E-state index is -0.379. The van der Waals surface area contributed by atoms with Gasteiger partial charge in [-0.15, -0.1) is 0 Å². The van der Waals surface area contributed by atoms with Crippen LogP contribution in [-0.2, 0) is 11.3 Å². The second-order valence-electron chi connectivity index (χ2n) is 8.94. The van der Waals surface area contributed by atoms with Gasteiger partial charge >= 0.3 is 6.09 Å². The zero-order chi connectivity index (χ0) is 22.1. The summed E-state index contributed by atoms with van der Waals surface area (Å²) < 4.78 is 13.6. The Labute approximate surface area is 188 Å². The number of hydrogen-bond donors (Lipinski definition) is 2. The van der Waals surface area contributed by atoms with Crippen LogP contribution in [0.3, 0.4) is 0 Å². The van der Waals surface area contributed by atoms with E-state index in [0.29, 0.717) is 12.5 Å². The van der Waals surface area contributed by atoms with Crippen molar-refractivity contribution in [2.75, 3.05) is 17.7 Å². The lowest BCUT2D eigenvalue weighted by atomic mass is 10.1. The third kappa shape index (κ3) is 4.27. The minimum Gasteiger partial charge on any atom is -0.494 e. The van der Waals surface area contributed by atoms with Crippen LogP contribution < -0.4 is 15.8 Å². The van der Waals surface area contributed by atoms with Crippen molar-refractivity contribution < 1.29 is 14.3 Å². The van der Waals surface area contributed by atoms with Crippen molar-refractivity contribution in [1.29, 1.82) is 0 Å². The number of nitrogens with one attached hydrogen (secondary N) is 1. The number of anilines is 2. The summed E-state index contributed by atoms with van der Waals surface area (Å²) in [5.74, 6) is 1.56. The van der Waals surface area contributed by atoms with Gasteiger partial charge in [0.2, 0.25) is 0 Å². The quantitative estimate of drug-likeness (QED) is 0.466. The molecule has 0 bridgehead atoms. The standard InChI is InChI=1S/C26H31N3O3/c1-2-31-21-13-14-22-23(15-21)29(16-17-7-8-17)25(24(22)27)18-9-11-19(12-10-18)28-26(30)32-20-5-3-4-6-20/h9-15,17,20H,2-8,16,27H2,1H3,(H,28,30). The monoisotopic (exact) mass is 433 g/mol. The predicted octanol–water partition coefficient (Wildman–Crippen LogP) is 6.19. The number of nitrogens with zero attached hydrogens (tertiary/aromatic N) is 1. The van der Waals surface area contributed by atoms with Crippen molar-refractivity contribution in [3.8, 4) is 17.0 Å². The number of fused-ring (bicyclic) bond motifs is 1. The first-order chi connectivity index (χ1) is 15.6.